The number of benzene rings is 2. The molecule has 1 aliphatic heterocycles. The molecule has 0 amide bonds. The van der Waals surface area contributed by atoms with Gasteiger partial charge in [0.15, 0.2) is 5.78 Å². The number of Topliss-reactive ketones (excluding diaryl/α,β-unsaturated/α-hetero) is 1. The lowest BCUT2D eigenvalue weighted by Crippen LogP contribution is -2.44. The summed E-state index contributed by atoms with van der Waals surface area (Å²) in [7, 11) is 0. The smallest absolute Gasteiger partial charge is 0.187 e. The Labute approximate surface area is 120 Å². The summed E-state index contributed by atoms with van der Waals surface area (Å²) in [4.78, 5) is 12.6. The molecule has 0 N–H and O–H groups in total. The molecule has 0 aliphatic carbocycles. The highest BCUT2D eigenvalue weighted by molar-refractivity contribution is 9.10. The van der Waals surface area contributed by atoms with Crippen LogP contribution >= 0.6 is 15.9 Å². The fraction of sp³-hybridized carbons (Fsp3) is 0.188. The summed E-state index contributed by atoms with van der Waals surface area (Å²) in [6.07, 6.45) is 0.626. The van der Waals surface area contributed by atoms with Crippen LogP contribution in [0, 0.1) is 0 Å². The molecular formula is C16H13BrO2. The minimum Gasteiger partial charge on any atom is -0.491 e. The second-order valence-corrected chi connectivity index (χ2v) is 6.26. The summed E-state index contributed by atoms with van der Waals surface area (Å²) in [5, 5.41) is 0. The van der Waals surface area contributed by atoms with Crippen LogP contribution in [0.1, 0.15) is 15.9 Å². The van der Waals surface area contributed by atoms with Gasteiger partial charge in [-0.25, -0.2) is 0 Å². The predicted molar refractivity (Wildman–Crippen MR) is 78.1 cm³/mol. The standard InChI is InChI=1S/C16H13BrO2/c17-16(10-12-6-2-1-3-7-12)11-19-14-9-5-4-8-13(14)15(16)18/h1-9H,10-11H2. The fourth-order valence-electron chi connectivity index (χ4n) is 2.33. The molecule has 0 spiro atoms. The maximum Gasteiger partial charge on any atom is 0.187 e. The van der Waals surface area contributed by atoms with Crippen molar-refractivity contribution in [2.45, 2.75) is 10.7 Å². The van der Waals surface area contributed by atoms with Gasteiger partial charge in [0.2, 0.25) is 0 Å². The second kappa shape index (κ2) is 4.82. The zero-order valence-corrected chi connectivity index (χ0v) is 11.9. The van der Waals surface area contributed by atoms with Crippen LogP contribution in [0.3, 0.4) is 0 Å². The summed E-state index contributed by atoms with van der Waals surface area (Å²) in [6.45, 7) is 0.359. The average Bonchev–Trinajstić information content (AvgIpc) is 2.45. The number of para-hydroxylation sites is 1. The van der Waals surface area contributed by atoms with Crippen molar-refractivity contribution in [1.29, 1.82) is 0 Å². The van der Waals surface area contributed by atoms with Crippen LogP contribution < -0.4 is 4.74 Å². The van der Waals surface area contributed by atoms with Crippen LogP contribution in [0.25, 0.3) is 0 Å². The third-order valence-electron chi connectivity index (χ3n) is 3.32. The van der Waals surface area contributed by atoms with Crippen molar-refractivity contribution < 1.29 is 9.53 Å². The number of carbonyl (C=O) groups excluding carboxylic acids is 1. The van der Waals surface area contributed by atoms with Crippen LogP contribution in [-0.2, 0) is 6.42 Å². The van der Waals surface area contributed by atoms with Crippen LogP contribution in [0.2, 0.25) is 0 Å². The van der Waals surface area contributed by atoms with Gasteiger partial charge in [0.25, 0.3) is 0 Å². The molecule has 0 aromatic heterocycles. The van der Waals surface area contributed by atoms with E-state index in [0.29, 0.717) is 24.3 Å². The van der Waals surface area contributed by atoms with Gasteiger partial charge in [0, 0.05) is 0 Å². The van der Waals surface area contributed by atoms with Crippen molar-refractivity contribution in [1.82, 2.24) is 0 Å². The third-order valence-corrected chi connectivity index (χ3v) is 4.19. The molecule has 19 heavy (non-hydrogen) atoms. The Morgan fingerprint density at radius 2 is 1.74 bits per heavy atom. The van der Waals surface area contributed by atoms with E-state index in [1.165, 1.54) is 0 Å². The van der Waals surface area contributed by atoms with Gasteiger partial charge in [-0.3, -0.25) is 4.79 Å². The van der Waals surface area contributed by atoms with Crippen molar-refractivity contribution in [2.75, 3.05) is 6.61 Å². The van der Waals surface area contributed by atoms with E-state index in [1.54, 1.807) is 0 Å². The second-order valence-electron chi connectivity index (χ2n) is 4.74. The van der Waals surface area contributed by atoms with E-state index in [-0.39, 0.29) is 5.78 Å². The first-order chi connectivity index (χ1) is 9.19. The lowest BCUT2D eigenvalue weighted by Gasteiger charge is -2.31. The number of ether oxygens (including phenoxy) is 1. The van der Waals surface area contributed by atoms with Crippen molar-refractivity contribution in [3.8, 4) is 5.75 Å². The lowest BCUT2D eigenvalue weighted by atomic mass is 9.89. The number of hydrogen-bond acceptors (Lipinski definition) is 2. The molecule has 2 nitrogen and oxygen atoms in total. The largest absolute Gasteiger partial charge is 0.491 e. The number of halogens is 1. The van der Waals surface area contributed by atoms with E-state index in [9.17, 15) is 4.79 Å². The summed E-state index contributed by atoms with van der Waals surface area (Å²) < 4.78 is 5.05. The number of alkyl halides is 1. The first kappa shape index (κ1) is 12.4. The van der Waals surface area contributed by atoms with Gasteiger partial charge in [-0.2, -0.15) is 0 Å². The summed E-state index contributed by atoms with van der Waals surface area (Å²) >= 11 is 3.59. The molecule has 0 fully saturated rings. The SMILES string of the molecule is O=C1c2ccccc2OCC1(Br)Cc1ccccc1. The third kappa shape index (κ3) is 2.30. The number of carbonyl (C=O) groups is 1. The zero-order chi connectivity index (χ0) is 13.3. The zero-order valence-electron chi connectivity index (χ0n) is 10.3. The molecule has 0 bridgehead atoms. The minimum absolute atomic E-state index is 0.0956. The van der Waals surface area contributed by atoms with Gasteiger partial charge in [-0.1, -0.05) is 58.4 Å². The van der Waals surface area contributed by atoms with E-state index < -0.39 is 4.32 Å². The molecule has 2 aromatic carbocycles. The lowest BCUT2D eigenvalue weighted by molar-refractivity contribution is 0.0874. The van der Waals surface area contributed by atoms with Gasteiger partial charge in [0.1, 0.15) is 16.7 Å². The molecule has 3 heteroatoms. The molecule has 96 valence electrons. The van der Waals surface area contributed by atoms with E-state index in [1.807, 2.05) is 54.6 Å². The Balaban J connectivity index is 1.92. The number of rotatable bonds is 2. The Morgan fingerprint density at radius 3 is 2.53 bits per heavy atom. The molecule has 2 aromatic rings. The van der Waals surface area contributed by atoms with Gasteiger partial charge >= 0.3 is 0 Å². The van der Waals surface area contributed by atoms with Gasteiger partial charge in [-0.05, 0) is 24.1 Å². The topological polar surface area (TPSA) is 26.3 Å². The van der Waals surface area contributed by atoms with Gasteiger partial charge < -0.3 is 4.74 Å². The van der Waals surface area contributed by atoms with Crippen molar-refractivity contribution >= 4 is 21.7 Å². The first-order valence-electron chi connectivity index (χ1n) is 6.18. The van der Waals surface area contributed by atoms with Crippen molar-refractivity contribution in [3.05, 3.63) is 65.7 Å². The molecule has 1 aliphatic rings. The summed E-state index contributed by atoms with van der Waals surface area (Å²) in [6, 6.07) is 17.4. The average molecular weight is 317 g/mol. The highest BCUT2D eigenvalue weighted by Gasteiger charge is 2.41. The molecule has 1 unspecified atom stereocenters. The molecule has 3 rings (SSSR count). The maximum atomic E-state index is 12.6. The van der Waals surface area contributed by atoms with Crippen molar-refractivity contribution in [3.63, 3.8) is 0 Å². The maximum absolute atomic E-state index is 12.6. The van der Waals surface area contributed by atoms with Gasteiger partial charge in [-0.15, -0.1) is 0 Å². The monoisotopic (exact) mass is 316 g/mol. The van der Waals surface area contributed by atoms with Crippen molar-refractivity contribution in [2.24, 2.45) is 0 Å². The molecule has 0 saturated heterocycles. The molecule has 0 saturated carbocycles. The Kier molecular flexibility index (Phi) is 3.15. The molecule has 0 radical (unpaired) electrons. The Hall–Kier alpha value is -1.61. The fourth-order valence-corrected chi connectivity index (χ4v) is 2.98. The highest BCUT2D eigenvalue weighted by atomic mass is 79.9. The highest BCUT2D eigenvalue weighted by Crippen LogP contribution is 2.36. The van der Waals surface area contributed by atoms with Gasteiger partial charge in [0.05, 0.1) is 5.56 Å². The summed E-state index contributed by atoms with van der Waals surface area (Å²) in [5.41, 5.74) is 1.78. The van der Waals surface area contributed by atoms with Crippen LogP contribution in [0.15, 0.2) is 54.6 Å². The number of hydrogen-bond donors (Lipinski definition) is 0. The molecule has 1 atom stereocenters. The Bertz CT molecular complexity index is 609. The van der Waals surface area contributed by atoms with E-state index >= 15 is 0 Å². The normalized spacial score (nSPS) is 21.6. The van der Waals surface area contributed by atoms with E-state index in [4.69, 9.17) is 4.74 Å². The number of fused-ring (bicyclic) bond motifs is 1. The Morgan fingerprint density at radius 1 is 1.05 bits per heavy atom. The minimum atomic E-state index is -0.664. The molecular weight excluding hydrogens is 304 g/mol. The quantitative estimate of drug-likeness (QED) is 0.791. The predicted octanol–water partition coefficient (Wildman–Crippen LogP) is 3.64. The molecule has 1 heterocycles. The van der Waals surface area contributed by atoms with Crippen LogP contribution in [0.4, 0.5) is 0 Å². The number of ketones is 1. The van der Waals surface area contributed by atoms with E-state index in [2.05, 4.69) is 15.9 Å². The first-order valence-corrected chi connectivity index (χ1v) is 6.98. The van der Waals surface area contributed by atoms with Crippen LogP contribution in [0.5, 0.6) is 5.75 Å². The van der Waals surface area contributed by atoms with Crippen LogP contribution in [-0.4, -0.2) is 16.7 Å². The summed E-state index contributed by atoms with van der Waals surface area (Å²) in [5.74, 6) is 0.772. The van der Waals surface area contributed by atoms with E-state index in [0.717, 1.165) is 5.56 Å².